The smallest absolute Gasteiger partial charge is 0.0564 e. The standard InChI is InChI=1S/C15H20N4/c1-3-15(13-19-11-2-7-17-19)18(10-1)12-6-14-4-8-16-9-5-14/h2,4-5,7-9,11,15H,1,3,6,10,12-13H2/t15-/m0/s1. The van der Waals surface area contributed by atoms with Crippen LogP contribution in [0.15, 0.2) is 43.0 Å². The van der Waals surface area contributed by atoms with Crippen molar-refractivity contribution in [3.05, 3.63) is 48.5 Å². The minimum atomic E-state index is 0.640. The SMILES string of the molecule is c1cnn(C[C@@H]2CCCN2CCc2ccncc2)c1. The van der Waals surface area contributed by atoms with Crippen LogP contribution in [0.2, 0.25) is 0 Å². The maximum absolute atomic E-state index is 4.31. The van der Waals surface area contributed by atoms with Crippen molar-refractivity contribution in [3.8, 4) is 0 Å². The summed E-state index contributed by atoms with van der Waals surface area (Å²) in [6.45, 7) is 3.37. The molecule has 0 bridgehead atoms. The monoisotopic (exact) mass is 256 g/mol. The molecule has 0 aromatic carbocycles. The Morgan fingerprint density at radius 2 is 2.11 bits per heavy atom. The van der Waals surface area contributed by atoms with Gasteiger partial charge in [-0.3, -0.25) is 14.6 Å². The van der Waals surface area contributed by atoms with Crippen molar-refractivity contribution < 1.29 is 0 Å². The van der Waals surface area contributed by atoms with Gasteiger partial charge in [0.2, 0.25) is 0 Å². The number of pyridine rings is 1. The molecule has 1 aliphatic rings. The fourth-order valence-electron chi connectivity index (χ4n) is 2.84. The summed E-state index contributed by atoms with van der Waals surface area (Å²) in [4.78, 5) is 6.66. The summed E-state index contributed by atoms with van der Waals surface area (Å²) < 4.78 is 2.05. The first-order valence-electron chi connectivity index (χ1n) is 7.02. The molecule has 1 atom stereocenters. The van der Waals surface area contributed by atoms with Crippen LogP contribution in [-0.4, -0.2) is 38.8 Å². The highest BCUT2D eigenvalue weighted by atomic mass is 15.3. The summed E-state index contributed by atoms with van der Waals surface area (Å²) in [5.41, 5.74) is 1.37. The summed E-state index contributed by atoms with van der Waals surface area (Å²) in [6, 6.07) is 6.86. The van der Waals surface area contributed by atoms with Crippen LogP contribution in [0, 0.1) is 0 Å². The predicted molar refractivity (Wildman–Crippen MR) is 74.8 cm³/mol. The van der Waals surface area contributed by atoms with E-state index in [0.29, 0.717) is 6.04 Å². The van der Waals surface area contributed by atoms with Crippen molar-refractivity contribution in [1.29, 1.82) is 0 Å². The molecule has 3 heterocycles. The molecule has 0 unspecified atom stereocenters. The lowest BCUT2D eigenvalue weighted by atomic mass is 10.1. The molecule has 2 aromatic rings. The molecule has 1 aliphatic heterocycles. The fraction of sp³-hybridized carbons (Fsp3) is 0.467. The van der Waals surface area contributed by atoms with Gasteiger partial charge in [-0.25, -0.2) is 0 Å². The zero-order valence-electron chi connectivity index (χ0n) is 11.2. The van der Waals surface area contributed by atoms with Crippen molar-refractivity contribution in [1.82, 2.24) is 19.7 Å². The first-order valence-corrected chi connectivity index (χ1v) is 7.02. The van der Waals surface area contributed by atoms with Crippen LogP contribution in [0.1, 0.15) is 18.4 Å². The molecule has 4 nitrogen and oxygen atoms in total. The third kappa shape index (κ3) is 3.20. The number of hydrogen-bond donors (Lipinski definition) is 0. The van der Waals surface area contributed by atoms with Gasteiger partial charge in [0.25, 0.3) is 0 Å². The minimum absolute atomic E-state index is 0.640. The molecule has 0 N–H and O–H groups in total. The molecule has 0 spiro atoms. The second kappa shape index (κ2) is 5.97. The van der Waals surface area contributed by atoms with Gasteiger partial charge in [-0.1, -0.05) is 0 Å². The van der Waals surface area contributed by atoms with Gasteiger partial charge in [0.15, 0.2) is 0 Å². The van der Waals surface area contributed by atoms with E-state index in [1.807, 2.05) is 24.7 Å². The highest BCUT2D eigenvalue weighted by Crippen LogP contribution is 2.19. The van der Waals surface area contributed by atoms with E-state index in [4.69, 9.17) is 0 Å². The molecule has 0 radical (unpaired) electrons. The Labute approximate surface area is 114 Å². The fourth-order valence-corrected chi connectivity index (χ4v) is 2.84. The summed E-state index contributed by atoms with van der Waals surface area (Å²) in [5.74, 6) is 0. The molecule has 1 fully saturated rings. The molecule has 4 heteroatoms. The first kappa shape index (κ1) is 12.4. The van der Waals surface area contributed by atoms with Crippen molar-refractivity contribution in [3.63, 3.8) is 0 Å². The maximum Gasteiger partial charge on any atom is 0.0564 e. The van der Waals surface area contributed by atoms with E-state index in [0.717, 1.165) is 19.5 Å². The van der Waals surface area contributed by atoms with Crippen molar-refractivity contribution in [2.45, 2.75) is 31.8 Å². The Bertz CT molecular complexity index is 480. The lowest BCUT2D eigenvalue weighted by molar-refractivity contribution is 0.230. The van der Waals surface area contributed by atoms with Gasteiger partial charge in [-0.05, 0) is 49.6 Å². The van der Waals surface area contributed by atoms with E-state index in [9.17, 15) is 0 Å². The zero-order valence-corrected chi connectivity index (χ0v) is 11.2. The predicted octanol–water partition coefficient (Wildman–Crippen LogP) is 1.99. The molecular weight excluding hydrogens is 236 g/mol. The maximum atomic E-state index is 4.31. The third-order valence-corrected chi connectivity index (χ3v) is 3.89. The molecule has 100 valence electrons. The summed E-state index contributed by atoms with van der Waals surface area (Å²) in [5, 5.41) is 4.31. The van der Waals surface area contributed by atoms with Gasteiger partial charge in [0, 0.05) is 37.4 Å². The van der Waals surface area contributed by atoms with Crippen LogP contribution in [-0.2, 0) is 13.0 Å². The molecule has 2 aromatic heterocycles. The Hall–Kier alpha value is -1.68. The Kier molecular flexibility index (Phi) is 3.89. The van der Waals surface area contributed by atoms with E-state index >= 15 is 0 Å². The van der Waals surface area contributed by atoms with Gasteiger partial charge < -0.3 is 0 Å². The number of aromatic nitrogens is 3. The normalized spacial score (nSPS) is 19.9. The zero-order chi connectivity index (χ0) is 12.9. The largest absolute Gasteiger partial charge is 0.298 e. The van der Waals surface area contributed by atoms with Crippen LogP contribution in [0.4, 0.5) is 0 Å². The van der Waals surface area contributed by atoms with Crippen LogP contribution in [0.5, 0.6) is 0 Å². The van der Waals surface area contributed by atoms with Crippen LogP contribution in [0.3, 0.4) is 0 Å². The van der Waals surface area contributed by atoms with E-state index in [2.05, 4.69) is 38.0 Å². The summed E-state index contributed by atoms with van der Waals surface area (Å²) >= 11 is 0. The molecule has 3 rings (SSSR count). The second-order valence-corrected chi connectivity index (χ2v) is 5.17. The second-order valence-electron chi connectivity index (χ2n) is 5.17. The molecule has 1 saturated heterocycles. The number of likely N-dealkylation sites (tertiary alicyclic amines) is 1. The number of hydrogen-bond acceptors (Lipinski definition) is 3. The third-order valence-electron chi connectivity index (χ3n) is 3.89. The molecule has 0 saturated carbocycles. The van der Waals surface area contributed by atoms with Gasteiger partial charge >= 0.3 is 0 Å². The van der Waals surface area contributed by atoms with Crippen LogP contribution < -0.4 is 0 Å². The van der Waals surface area contributed by atoms with Gasteiger partial charge in [0.05, 0.1) is 6.54 Å². The highest BCUT2D eigenvalue weighted by molar-refractivity contribution is 5.10. The van der Waals surface area contributed by atoms with Crippen LogP contribution >= 0.6 is 0 Å². The lowest BCUT2D eigenvalue weighted by Gasteiger charge is -2.24. The van der Waals surface area contributed by atoms with E-state index in [1.165, 1.54) is 24.9 Å². The molecular formula is C15H20N4. The average Bonchev–Trinajstić information content (AvgIpc) is 3.10. The molecule has 0 aliphatic carbocycles. The number of rotatable bonds is 5. The number of nitrogens with zero attached hydrogens (tertiary/aromatic N) is 4. The van der Waals surface area contributed by atoms with Gasteiger partial charge in [-0.15, -0.1) is 0 Å². The lowest BCUT2D eigenvalue weighted by Crippen LogP contribution is -2.34. The van der Waals surface area contributed by atoms with Crippen LogP contribution in [0.25, 0.3) is 0 Å². The quantitative estimate of drug-likeness (QED) is 0.820. The van der Waals surface area contributed by atoms with E-state index in [-0.39, 0.29) is 0 Å². The van der Waals surface area contributed by atoms with Gasteiger partial charge in [-0.2, -0.15) is 5.10 Å². The Morgan fingerprint density at radius 3 is 2.89 bits per heavy atom. The topological polar surface area (TPSA) is 34.0 Å². The van der Waals surface area contributed by atoms with Crippen molar-refractivity contribution in [2.24, 2.45) is 0 Å². The molecule has 19 heavy (non-hydrogen) atoms. The molecule has 0 amide bonds. The van der Waals surface area contributed by atoms with Crippen molar-refractivity contribution in [2.75, 3.05) is 13.1 Å². The first-order chi connectivity index (χ1) is 9.42. The van der Waals surface area contributed by atoms with Gasteiger partial charge in [0.1, 0.15) is 0 Å². The highest BCUT2D eigenvalue weighted by Gasteiger charge is 2.24. The summed E-state index contributed by atoms with van der Waals surface area (Å²) in [6.07, 6.45) is 11.4. The van der Waals surface area contributed by atoms with Crippen molar-refractivity contribution >= 4 is 0 Å². The van der Waals surface area contributed by atoms with E-state index in [1.54, 1.807) is 0 Å². The average molecular weight is 256 g/mol. The minimum Gasteiger partial charge on any atom is -0.298 e. The summed E-state index contributed by atoms with van der Waals surface area (Å²) in [7, 11) is 0. The Balaban J connectivity index is 1.55. The Morgan fingerprint density at radius 1 is 1.21 bits per heavy atom. The van der Waals surface area contributed by atoms with E-state index < -0.39 is 0 Å².